The number of hydrogen-bond donors (Lipinski definition) is 1. The molecule has 0 aliphatic rings. The topological polar surface area (TPSA) is 12.0 Å². The van der Waals surface area contributed by atoms with Gasteiger partial charge in [-0.2, -0.15) is 0 Å². The van der Waals surface area contributed by atoms with Crippen molar-refractivity contribution in [3.63, 3.8) is 0 Å². The molecule has 0 saturated heterocycles. The third kappa shape index (κ3) is 22.2. The monoisotopic (exact) mass is 467 g/mol. The lowest BCUT2D eigenvalue weighted by molar-refractivity contribution is 0.718. The van der Waals surface area contributed by atoms with Crippen LogP contribution in [0.3, 0.4) is 0 Å². The van der Waals surface area contributed by atoms with Gasteiger partial charge in [0.1, 0.15) is 0 Å². The second-order valence-electron chi connectivity index (χ2n) is 10.5. The first-order valence-electron chi connectivity index (χ1n) is 13.8. The summed E-state index contributed by atoms with van der Waals surface area (Å²) in [6, 6.07) is 0. The molecule has 0 aromatic carbocycles. The van der Waals surface area contributed by atoms with Gasteiger partial charge in [-0.1, -0.05) is 69.9 Å². The van der Waals surface area contributed by atoms with Crippen molar-refractivity contribution in [3.8, 4) is 0 Å². The van der Waals surface area contributed by atoms with Gasteiger partial charge in [0.15, 0.2) is 0 Å². The minimum absolute atomic E-state index is 1.11. The maximum Gasteiger partial charge on any atom is -0.00489 e. The summed E-state index contributed by atoms with van der Waals surface area (Å²) in [5.74, 6) is 0. The quantitative estimate of drug-likeness (QED) is 0.147. The van der Waals surface area contributed by atoms with Crippen molar-refractivity contribution in [1.29, 1.82) is 0 Å². The molecule has 0 aliphatic heterocycles. The Labute approximate surface area is 214 Å². The Bertz CT molecular complexity index is 705. The summed E-state index contributed by atoms with van der Waals surface area (Å²) in [5, 5.41) is 3.22. The smallest absolute Gasteiger partial charge is 0.00489 e. The molecule has 0 atom stereocenters. The molecule has 0 unspecified atom stereocenters. The Hall–Kier alpha value is -1.60. The summed E-state index contributed by atoms with van der Waals surface area (Å²) in [6.07, 6.45) is 28.8. The third-order valence-electron chi connectivity index (χ3n) is 6.34. The van der Waals surface area contributed by atoms with E-state index in [1.807, 2.05) is 7.05 Å². The Kier molecular flexibility index (Phi) is 20.9. The van der Waals surface area contributed by atoms with Gasteiger partial charge in [0.25, 0.3) is 0 Å². The van der Waals surface area contributed by atoms with E-state index in [1.54, 1.807) is 0 Å². The molecule has 0 aliphatic carbocycles. The minimum Gasteiger partial charge on any atom is -0.320 e. The highest BCUT2D eigenvalue weighted by molar-refractivity contribution is 5.08. The van der Waals surface area contributed by atoms with Crippen molar-refractivity contribution in [1.82, 2.24) is 5.32 Å². The summed E-state index contributed by atoms with van der Waals surface area (Å²) < 4.78 is 0. The molecule has 0 bridgehead atoms. The van der Waals surface area contributed by atoms with Gasteiger partial charge in [-0.3, -0.25) is 0 Å². The van der Waals surface area contributed by atoms with Crippen molar-refractivity contribution in [2.24, 2.45) is 0 Å². The molecule has 1 heteroatoms. The first kappa shape index (κ1) is 32.4. The summed E-state index contributed by atoms with van der Waals surface area (Å²) >= 11 is 0. The molecule has 0 saturated carbocycles. The molecule has 0 rings (SSSR count). The molecule has 0 radical (unpaired) electrons. The Morgan fingerprint density at radius 1 is 0.441 bits per heavy atom. The molecule has 0 fully saturated rings. The third-order valence-corrected chi connectivity index (χ3v) is 6.34. The fourth-order valence-corrected chi connectivity index (χ4v) is 3.94. The molecular weight excluding hydrogens is 410 g/mol. The van der Waals surface area contributed by atoms with Crippen LogP contribution in [0.15, 0.2) is 69.9 Å². The second-order valence-corrected chi connectivity index (χ2v) is 10.5. The molecule has 1 nitrogen and oxygen atoms in total. The lowest BCUT2D eigenvalue weighted by Crippen LogP contribution is -2.07. The summed E-state index contributed by atoms with van der Waals surface area (Å²) in [7, 11) is 2.03. The highest BCUT2D eigenvalue weighted by atomic mass is 14.8. The van der Waals surface area contributed by atoms with Crippen molar-refractivity contribution < 1.29 is 0 Å². The maximum atomic E-state index is 3.22. The highest BCUT2D eigenvalue weighted by Gasteiger charge is 1.95. The van der Waals surface area contributed by atoms with E-state index in [-0.39, 0.29) is 0 Å². The Morgan fingerprint density at radius 2 is 0.765 bits per heavy atom. The van der Waals surface area contributed by atoms with E-state index in [9.17, 15) is 0 Å². The zero-order chi connectivity index (χ0) is 25.6. The fraction of sp³-hybridized carbons (Fsp3) is 0.636. The Morgan fingerprint density at radius 3 is 1.12 bits per heavy atom. The van der Waals surface area contributed by atoms with Crippen molar-refractivity contribution in [2.75, 3.05) is 13.6 Å². The van der Waals surface area contributed by atoms with E-state index in [0.717, 1.165) is 6.54 Å². The predicted molar refractivity (Wildman–Crippen MR) is 158 cm³/mol. The largest absolute Gasteiger partial charge is 0.320 e. The van der Waals surface area contributed by atoms with Crippen LogP contribution >= 0.6 is 0 Å². The summed E-state index contributed by atoms with van der Waals surface area (Å²) in [6.45, 7) is 16.9. The van der Waals surface area contributed by atoms with Crippen LogP contribution in [0.1, 0.15) is 126 Å². The zero-order valence-electron chi connectivity index (χ0n) is 24.2. The van der Waals surface area contributed by atoms with E-state index in [2.05, 4.69) is 90.2 Å². The second kappa shape index (κ2) is 21.9. The molecule has 0 aromatic rings. The lowest BCUT2D eigenvalue weighted by atomic mass is 10.0. The number of unbranched alkanes of at least 4 members (excludes halogenated alkanes) is 1. The molecule has 194 valence electrons. The van der Waals surface area contributed by atoms with E-state index in [1.165, 1.54) is 110 Å². The normalized spacial score (nSPS) is 14.1. The molecule has 0 amide bonds. The van der Waals surface area contributed by atoms with Crippen LogP contribution in [0, 0.1) is 0 Å². The maximum absolute atomic E-state index is 3.22. The van der Waals surface area contributed by atoms with Gasteiger partial charge < -0.3 is 5.32 Å². The molecular formula is C33H57N. The van der Waals surface area contributed by atoms with Gasteiger partial charge >= 0.3 is 0 Å². The first-order chi connectivity index (χ1) is 16.2. The van der Waals surface area contributed by atoms with Gasteiger partial charge in [-0.15, -0.1) is 0 Å². The number of allylic oxidation sites excluding steroid dienone is 12. The molecule has 0 aromatic heterocycles. The van der Waals surface area contributed by atoms with Crippen molar-refractivity contribution in [2.45, 2.75) is 126 Å². The van der Waals surface area contributed by atoms with E-state index >= 15 is 0 Å². The SMILES string of the molecule is CNCCC/C(C)=C/CC/C(C)=C/CC/C(C)=C/CC/C=C(\C)CC/C=C(\C)CCC=C(C)C. The van der Waals surface area contributed by atoms with Crippen LogP contribution in [0.2, 0.25) is 0 Å². The first-order valence-corrected chi connectivity index (χ1v) is 13.8. The number of nitrogens with one attached hydrogen (secondary N) is 1. The van der Waals surface area contributed by atoms with Gasteiger partial charge in [0.05, 0.1) is 0 Å². The van der Waals surface area contributed by atoms with Crippen LogP contribution < -0.4 is 5.32 Å². The molecule has 1 N–H and O–H groups in total. The number of rotatable bonds is 19. The van der Waals surface area contributed by atoms with Gasteiger partial charge in [-0.05, 0) is 139 Å². The molecule has 34 heavy (non-hydrogen) atoms. The van der Waals surface area contributed by atoms with Gasteiger partial charge in [-0.25, -0.2) is 0 Å². The van der Waals surface area contributed by atoms with Crippen LogP contribution in [-0.4, -0.2) is 13.6 Å². The van der Waals surface area contributed by atoms with Crippen LogP contribution in [0.25, 0.3) is 0 Å². The van der Waals surface area contributed by atoms with Crippen LogP contribution in [0.4, 0.5) is 0 Å². The zero-order valence-corrected chi connectivity index (χ0v) is 24.2. The van der Waals surface area contributed by atoms with E-state index in [0.29, 0.717) is 0 Å². The summed E-state index contributed by atoms with van der Waals surface area (Å²) in [4.78, 5) is 0. The predicted octanol–water partition coefficient (Wildman–Crippen LogP) is 10.6. The average Bonchev–Trinajstić information content (AvgIpc) is 2.76. The standard InChI is InChI=1S/C33H57N/c1-28(2)16-11-19-31(5)22-12-20-29(3)17-9-10-18-30(4)21-13-23-32(6)24-14-25-33(7)26-15-27-34-8/h16-18,22-23,25,34H,9-15,19-21,24,26-27H2,1-8H3/b29-17+,30-18+,31-22+,32-23+,33-25+. The average molecular weight is 468 g/mol. The van der Waals surface area contributed by atoms with Gasteiger partial charge in [0.2, 0.25) is 0 Å². The Balaban J connectivity index is 4.07. The highest BCUT2D eigenvalue weighted by Crippen LogP contribution is 2.15. The van der Waals surface area contributed by atoms with Gasteiger partial charge in [0, 0.05) is 0 Å². The van der Waals surface area contributed by atoms with Crippen molar-refractivity contribution in [3.05, 3.63) is 69.9 Å². The van der Waals surface area contributed by atoms with Crippen molar-refractivity contribution >= 4 is 0 Å². The lowest BCUT2D eigenvalue weighted by Gasteiger charge is -2.03. The van der Waals surface area contributed by atoms with Crippen LogP contribution in [-0.2, 0) is 0 Å². The van der Waals surface area contributed by atoms with Crippen LogP contribution in [0.5, 0.6) is 0 Å². The minimum atomic E-state index is 1.11. The summed E-state index contributed by atoms with van der Waals surface area (Å²) in [5.41, 5.74) is 9.08. The fourth-order valence-electron chi connectivity index (χ4n) is 3.94. The van der Waals surface area contributed by atoms with E-state index in [4.69, 9.17) is 0 Å². The molecule has 0 heterocycles. The van der Waals surface area contributed by atoms with E-state index < -0.39 is 0 Å². The number of hydrogen-bond acceptors (Lipinski definition) is 1. The molecule has 0 spiro atoms.